The topological polar surface area (TPSA) is 107 Å². The van der Waals surface area contributed by atoms with Crippen molar-refractivity contribution < 1.29 is 14.3 Å². The molecule has 2 amide bonds. The molecule has 6 heteroatoms. The predicted molar refractivity (Wildman–Crippen MR) is 77.2 cm³/mol. The predicted octanol–water partition coefficient (Wildman–Crippen LogP) is 0.863. The van der Waals surface area contributed by atoms with E-state index in [1.165, 1.54) is 0 Å². The molecule has 0 aliphatic heterocycles. The van der Waals surface area contributed by atoms with Crippen molar-refractivity contribution in [2.45, 2.75) is 26.3 Å². The number of nitrogens with one attached hydrogen (secondary N) is 1. The van der Waals surface area contributed by atoms with E-state index in [1.54, 1.807) is 24.3 Å². The van der Waals surface area contributed by atoms with Crippen molar-refractivity contribution in [1.82, 2.24) is 0 Å². The minimum atomic E-state index is -0.560. The van der Waals surface area contributed by atoms with E-state index in [0.29, 0.717) is 11.4 Å². The molecule has 0 spiro atoms. The van der Waals surface area contributed by atoms with Crippen molar-refractivity contribution in [2.24, 2.45) is 17.4 Å². The van der Waals surface area contributed by atoms with E-state index < -0.39 is 11.9 Å². The monoisotopic (exact) mass is 279 g/mol. The van der Waals surface area contributed by atoms with Gasteiger partial charge in [-0.25, -0.2) is 0 Å². The summed E-state index contributed by atoms with van der Waals surface area (Å²) in [6.07, 6.45) is 0.830. The second kappa shape index (κ2) is 7.49. The van der Waals surface area contributed by atoms with E-state index in [-0.39, 0.29) is 18.4 Å². The van der Waals surface area contributed by atoms with Crippen molar-refractivity contribution >= 4 is 17.5 Å². The van der Waals surface area contributed by atoms with Crippen LogP contribution in [0, 0.1) is 5.92 Å². The molecule has 0 saturated carbocycles. The van der Waals surface area contributed by atoms with Gasteiger partial charge in [-0.05, 0) is 18.1 Å². The zero-order valence-electron chi connectivity index (χ0n) is 11.8. The molecule has 0 saturated heterocycles. The van der Waals surface area contributed by atoms with Gasteiger partial charge in [0.2, 0.25) is 5.91 Å². The summed E-state index contributed by atoms with van der Waals surface area (Å²) in [6.45, 7) is 3.70. The first-order valence-corrected chi connectivity index (χ1v) is 6.51. The molecular weight excluding hydrogens is 258 g/mol. The average molecular weight is 279 g/mol. The summed E-state index contributed by atoms with van der Waals surface area (Å²) in [5.74, 6) is -0.243. The molecule has 1 aromatic carbocycles. The summed E-state index contributed by atoms with van der Waals surface area (Å²) in [4.78, 5) is 22.6. The van der Waals surface area contributed by atoms with Crippen molar-refractivity contribution in [3.8, 4) is 5.75 Å². The van der Waals surface area contributed by atoms with Crippen molar-refractivity contribution in [3.63, 3.8) is 0 Å². The fourth-order valence-corrected chi connectivity index (χ4v) is 1.56. The highest BCUT2D eigenvalue weighted by atomic mass is 16.5. The molecule has 2 atom stereocenters. The van der Waals surface area contributed by atoms with Crippen LogP contribution in [0.3, 0.4) is 0 Å². The molecule has 20 heavy (non-hydrogen) atoms. The first-order valence-electron chi connectivity index (χ1n) is 6.51. The molecule has 110 valence electrons. The smallest absolute Gasteiger partial charge is 0.255 e. The third-order valence-corrected chi connectivity index (χ3v) is 3.04. The lowest BCUT2D eigenvalue weighted by molar-refractivity contribution is -0.120. The van der Waals surface area contributed by atoms with Gasteiger partial charge in [0, 0.05) is 11.8 Å². The summed E-state index contributed by atoms with van der Waals surface area (Å²) in [5, 5.41) is 2.72. The molecule has 0 aromatic heterocycles. The van der Waals surface area contributed by atoms with E-state index in [4.69, 9.17) is 16.2 Å². The SMILES string of the molecule is CCC(C)C(N)C(=O)Nc1cccc(OCC(N)=O)c1. The van der Waals surface area contributed by atoms with E-state index in [9.17, 15) is 9.59 Å². The molecule has 6 nitrogen and oxygen atoms in total. The van der Waals surface area contributed by atoms with Crippen molar-refractivity contribution in [1.29, 1.82) is 0 Å². The summed E-state index contributed by atoms with van der Waals surface area (Å²) in [6, 6.07) is 6.16. The van der Waals surface area contributed by atoms with Crippen molar-refractivity contribution in [2.75, 3.05) is 11.9 Å². The van der Waals surface area contributed by atoms with Crippen LogP contribution in [0.4, 0.5) is 5.69 Å². The van der Waals surface area contributed by atoms with Crippen LogP contribution in [-0.4, -0.2) is 24.5 Å². The maximum Gasteiger partial charge on any atom is 0.255 e. The van der Waals surface area contributed by atoms with Crippen molar-refractivity contribution in [3.05, 3.63) is 24.3 Å². The van der Waals surface area contributed by atoms with E-state index >= 15 is 0 Å². The molecule has 0 heterocycles. The molecule has 0 aliphatic rings. The first kappa shape index (κ1) is 16.0. The van der Waals surface area contributed by atoms with Crippen LogP contribution < -0.4 is 21.5 Å². The summed E-state index contributed by atoms with van der Waals surface area (Å²) >= 11 is 0. The number of rotatable bonds is 7. The first-order chi connectivity index (χ1) is 9.43. The van der Waals surface area contributed by atoms with Crippen LogP contribution in [0.15, 0.2) is 24.3 Å². The van der Waals surface area contributed by atoms with Gasteiger partial charge in [-0.2, -0.15) is 0 Å². The van der Waals surface area contributed by atoms with Crippen LogP contribution in [-0.2, 0) is 9.59 Å². The number of amides is 2. The number of benzene rings is 1. The van der Waals surface area contributed by atoms with Crippen LogP contribution in [0.2, 0.25) is 0 Å². The summed E-state index contributed by atoms with van der Waals surface area (Å²) in [5.41, 5.74) is 11.4. The Labute approximate surface area is 118 Å². The highest BCUT2D eigenvalue weighted by Gasteiger charge is 2.19. The Bertz CT molecular complexity index is 476. The molecular formula is C14H21N3O3. The minimum absolute atomic E-state index is 0.101. The molecule has 0 radical (unpaired) electrons. The Hall–Kier alpha value is -2.08. The van der Waals surface area contributed by atoms with Gasteiger partial charge in [0.1, 0.15) is 5.75 Å². The lowest BCUT2D eigenvalue weighted by atomic mass is 9.99. The van der Waals surface area contributed by atoms with Gasteiger partial charge in [0.05, 0.1) is 6.04 Å². The Morgan fingerprint density at radius 3 is 2.70 bits per heavy atom. The number of ether oxygens (including phenoxy) is 1. The normalized spacial score (nSPS) is 13.3. The zero-order valence-corrected chi connectivity index (χ0v) is 11.8. The van der Waals surface area contributed by atoms with E-state index in [2.05, 4.69) is 5.32 Å². The molecule has 0 fully saturated rings. The lowest BCUT2D eigenvalue weighted by Gasteiger charge is -2.18. The lowest BCUT2D eigenvalue weighted by Crippen LogP contribution is -2.40. The van der Waals surface area contributed by atoms with Gasteiger partial charge >= 0.3 is 0 Å². The highest BCUT2D eigenvalue weighted by molar-refractivity contribution is 5.95. The molecule has 0 aliphatic carbocycles. The maximum atomic E-state index is 11.9. The molecule has 0 bridgehead atoms. The van der Waals surface area contributed by atoms with Gasteiger partial charge < -0.3 is 21.5 Å². The van der Waals surface area contributed by atoms with Gasteiger partial charge in [0.25, 0.3) is 5.91 Å². The number of carbonyl (C=O) groups excluding carboxylic acids is 2. The second-order valence-electron chi connectivity index (χ2n) is 4.68. The Balaban J connectivity index is 2.66. The standard InChI is InChI=1S/C14H21N3O3/c1-3-9(2)13(16)14(19)17-10-5-4-6-11(7-10)20-8-12(15)18/h4-7,9,13H,3,8,16H2,1-2H3,(H2,15,18)(H,17,19). The van der Waals surface area contributed by atoms with Crippen LogP contribution in [0.25, 0.3) is 0 Å². The third-order valence-electron chi connectivity index (χ3n) is 3.04. The van der Waals surface area contributed by atoms with E-state index in [0.717, 1.165) is 6.42 Å². The highest BCUT2D eigenvalue weighted by Crippen LogP contribution is 2.18. The molecule has 2 unspecified atom stereocenters. The number of hydrogen-bond donors (Lipinski definition) is 3. The number of hydrogen-bond acceptors (Lipinski definition) is 4. The summed E-state index contributed by atoms with van der Waals surface area (Å²) < 4.78 is 5.16. The van der Waals surface area contributed by atoms with Gasteiger partial charge in [0.15, 0.2) is 6.61 Å². The quantitative estimate of drug-likeness (QED) is 0.688. The second-order valence-corrected chi connectivity index (χ2v) is 4.68. The zero-order chi connectivity index (χ0) is 15.1. The molecule has 1 aromatic rings. The Kier molecular flexibility index (Phi) is 5.99. The fourth-order valence-electron chi connectivity index (χ4n) is 1.56. The minimum Gasteiger partial charge on any atom is -0.484 e. The maximum absolute atomic E-state index is 11.9. The van der Waals surface area contributed by atoms with Crippen LogP contribution in [0.1, 0.15) is 20.3 Å². The number of carbonyl (C=O) groups is 2. The van der Waals surface area contributed by atoms with Gasteiger partial charge in [-0.3, -0.25) is 9.59 Å². The number of anilines is 1. The van der Waals surface area contributed by atoms with Gasteiger partial charge in [-0.15, -0.1) is 0 Å². The fraction of sp³-hybridized carbons (Fsp3) is 0.429. The van der Waals surface area contributed by atoms with Crippen LogP contribution >= 0.6 is 0 Å². The number of nitrogens with two attached hydrogens (primary N) is 2. The number of primary amides is 1. The van der Waals surface area contributed by atoms with Gasteiger partial charge in [-0.1, -0.05) is 26.3 Å². The molecule has 1 rings (SSSR count). The largest absolute Gasteiger partial charge is 0.484 e. The summed E-state index contributed by atoms with van der Waals surface area (Å²) in [7, 11) is 0. The Morgan fingerprint density at radius 2 is 2.10 bits per heavy atom. The van der Waals surface area contributed by atoms with Crippen LogP contribution in [0.5, 0.6) is 5.75 Å². The average Bonchev–Trinajstić information content (AvgIpc) is 2.43. The third kappa shape index (κ3) is 4.89. The Morgan fingerprint density at radius 1 is 1.40 bits per heavy atom. The molecule has 5 N–H and O–H groups in total. The van der Waals surface area contributed by atoms with E-state index in [1.807, 2.05) is 13.8 Å².